The lowest BCUT2D eigenvalue weighted by Crippen LogP contribution is -2.52. The first-order chi connectivity index (χ1) is 14.4. The predicted molar refractivity (Wildman–Crippen MR) is 134 cm³/mol. The van der Waals surface area contributed by atoms with Crippen LogP contribution in [0.3, 0.4) is 0 Å². The molecule has 0 atom stereocenters. The van der Waals surface area contributed by atoms with Crippen molar-refractivity contribution < 1.29 is 10.0 Å². The lowest BCUT2D eigenvalue weighted by molar-refractivity contribution is -0.384. The number of aromatic hydroxyl groups is 1. The largest absolute Gasteiger partial charge is 0.506 e. The maximum atomic E-state index is 10.8. The molecular weight excluding hydrogens is 509 g/mol. The number of hydrogen-bond acceptors (Lipinski definition) is 5. The quantitative estimate of drug-likeness (QED) is 0.146. The molecule has 0 aliphatic carbocycles. The summed E-state index contributed by atoms with van der Waals surface area (Å²) < 4.78 is 0. The Labute approximate surface area is 199 Å². The Kier molecular flexibility index (Phi) is 9.10. The third-order valence-corrected chi connectivity index (χ3v) is 4.91. The number of para-hydroxylation sites is 2. The summed E-state index contributed by atoms with van der Waals surface area (Å²) in [6.45, 7) is 10.0. The zero-order chi connectivity index (χ0) is 21.5. The Morgan fingerprint density at radius 1 is 1.16 bits per heavy atom. The number of non-ortho nitro benzene ring substituents is 1. The molecule has 9 heteroatoms. The van der Waals surface area contributed by atoms with Crippen molar-refractivity contribution >= 4 is 41.3 Å². The van der Waals surface area contributed by atoms with Crippen molar-refractivity contribution in [3.05, 3.63) is 76.4 Å². The zero-order valence-corrected chi connectivity index (χ0v) is 19.9. The van der Waals surface area contributed by atoms with Gasteiger partial charge in [0.25, 0.3) is 5.69 Å². The molecule has 0 bridgehead atoms. The Bertz CT molecular complexity index is 925. The third-order valence-electron chi connectivity index (χ3n) is 4.91. The molecule has 0 radical (unpaired) electrons. The topological polar surface area (TPSA) is 94.2 Å². The highest BCUT2D eigenvalue weighted by atomic mass is 127. The van der Waals surface area contributed by atoms with Crippen molar-refractivity contribution in [3.8, 4) is 5.75 Å². The second kappa shape index (κ2) is 11.5. The van der Waals surface area contributed by atoms with Gasteiger partial charge in [-0.25, -0.2) is 4.99 Å². The van der Waals surface area contributed by atoms with Crippen LogP contribution in [0.4, 0.5) is 11.4 Å². The summed E-state index contributed by atoms with van der Waals surface area (Å²) in [5, 5.41) is 24.3. The van der Waals surface area contributed by atoms with Crippen LogP contribution < -0.4 is 10.2 Å². The molecule has 0 amide bonds. The minimum atomic E-state index is -0.406. The normalized spacial score (nSPS) is 14.0. The highest BCUT2D eigenvalue weighted by Crippen LogP contribution is 2.27. The van der Waals surface area contributed by atoms with Crippen LogP contribution >= 0.6 is 24.0 Å². The van der Waals surface area contributed by atoms with Crippen LogP contribution in [0.25, 0.3) is 0 Å². The Morgan fingerprint density at radius 2 is 1.81 bits per heavy atom. The van der Waals surface area contributed by atoms with E-state index in [4.69, 9.17) is 4.99 Å². The molecule has 1 aliphatic rings. The summed E-state index contributed by atoms with van der Waals surface area (Å²) in [7, 11) is 0. The minimum Gasteiger partial charge on any atom is -0.506 e. The van der Waals surface area contributed by atoms with Gasteiger partial charge in [0.2, 0.25) is 0 Å². The van der Waals surface area contributed by atoms with Crippen LogP contribution in [0.2, 0.25) is 0 Å². The summed E-state index contributed by atoms with van der Waals surface area (Å²) in [5.74, 6) is 1.08. The monoisotopic (exact) mass is 537 g/mol. The van der Waals surface area contributed by atoms with Gasteiger partial charge in [-0.3, -0.25) is 10.1 Å². The smallest absolute Gasteiger partial charge is 0.269 e. The number of aliphatic imine (C=N–C) groups is 1. The molecule has 0 aromatic heterocycles. The molecular formula is C22H28IN5O3. The lowest BCUT2D eigenvalue weighted by Gasteiger charge is -2.38. The summed E-state index contributed by atoms with van der Waals surface area (Å²) >= 11 is 0. The average Bonchev–Trinajstić information content (AvgIpc) is 2.74. The molecule has 8 nitrogen and oxygen atoms in total. The Balaban J connectivity index is 0.00000341. The first kappa shape index (κ1) is 24.4. The van der Waals surface area contributed by atoms with Gasteiger partial charge in [-0.05, 0) is 24.6 Å². The lowest BCUT2D eigenvalue weighted by atomic mass is 10.2. The van der Waals surface area contributed by atoms with E-state index in [2.05, 4.69) is 21.7 Å². The van der Waals surface area contributed by atoms with Gasteiger partial charge in [0.05, 0.1) is 17.2 Å². The molecule has 0 spiro atoms. The fraction of sp³-hybridized carbons (Fsp3) is 0.318. The molecule has 1 aliphatic heterocycles. The van der Waals surface area contributed by atoms with Crippen LogP contribution in [0.15, 0.2) is 65.7 Å². The highest BCUT2D eigenvalue weighted by molar-refractivity contribution is 14.0. The van der Waals surface area contributed by atoms with Gasteiger partial charge in [0.1, 0.15) is 5.75 Å². The van der Waals surface area contributed by atoms with Gasteiger partial charge in [-0.1, -0.05) is 36.4 Å². The number of hydrogen-bond donors (Lipinski definition) is 2. The molecule has 0 unspecified atom stereocenters. The first-order valence-electron chi connectivity index (χ1n) is 9.88. The molecule has 31 heavy (non-hydrogen) atoms. The van der Waals surface area contributed by atoms with E-state index >= 15 is 0 Å². The van der Waals surface area contributed by atoms with E-state index in [9.17, 15) is 15.2 Å². The van der Waals surface area contributed by atoms with Crippen molar-refractivity contribution in [1.29, 1.82) is 0 Å². The van der Waals surface area contributed by atoms with Crippen LogP contribution in [-0.2, 0) is 6.54 Å². The zero-order valence-electron chi connectivity index (χ0n) is 17.5. The maximum absolute atomic E-state index is 10.8. The molecule has 3 rings (SSSR count). The number of nitro benzene ring substituents is 1. The fourth-order valence-corrected chi connectivity index (χ4v) is 3.28. The van der Waals surface area contributed by atoms with Gasteiger partial charge in [0.15, 0.2) is 5.96 Å². The number of nitrogens with one attached hydrogen (secondary N) is 1. The molecule has 2 aromatic rings. The number of halogens is 1. The van der Waals surface area contributed by atoms with Crippen molar-refractivity contribution in [2.45, 2.75) is 13.5 Å². The SMILES string of the molecule is C=C(C)CNC(=NCc1ccc([N+](=O)[O-])cc1)N1CCN(c2ccccc2O)CC1.I. The van der Waals surface area contributed by atoms with Crippen molar-refractivity contribution in [2.75, 3.05) is 37.6 Å². The van der Waals surface area contributed by atoms with E-state index < -0.39 is 4.92 Å². The number of piperazine rings is 1. The number of nitrogens with zero attached hydrogens (tertiary/aromatic N) is 4. The predicted octanol–water partition coefficient (Wildman–Crippen LogP) is 3.76. The van der Waals surface area contributed by atoms with Crippen LogP contribution in [-0.4, -0.2) is 53.6 Å². The number of phenolic OH excluding ortho intramolecular Hbond substituents is 1. The van der Waals surface area contributed by atoms with E-state index in [0.717, 1.165) is 49.0 Å². The third kappa shape index (κ3) is 6.84. The second-order valence-corrected chi connectivity index (χ2v) is 7.34. The van der Waals surface area contributed by atoms with Crippen LogP contribution in [0, 0.1) is 10.1 Å². The standard InChI is InChI=1S/C22H27N5O3.HI/c1-17(2)15-23-22(24-16-18-7-9-19(10-8-18)27(29)30)26-13-11-25(12-14-26)20-5-3-4-6-21(20)28;/h3-10,28H,1,11-16H2,2H3,(H,23,24);1H. The molecule has 0 saturated carbocycles. The fourth-order valence-electron chi connectivity index (χ4n) is 3.28. The van der Waals surface area contributed by atoms with Crippen molar-refractivity contribution in [1.82, 2.24) is 10.2 Å². The van der Waals surface area contributed by atoms with E-state index in [1.807, 2.05) is 25.1 Å². The number of nitro groups is 1. The van der Waals surface area contributed by atoms with Crippen molar-refractivity contribution in [2.24, 2.45) is 4.99 Å². The molecule has 1 fully saturated rings. The molecule has 2 aromatic carbocycles. The summed E-state index contributed by atoms with van der Waals surface area (Å²) in [6, 6.07) is 13.8. The Morgan fingerprint density at radius 3 is 2.39 bits per heavy atom. The molecule has 1 saturated heterocycles. The second-order valence-electron chi connectivity index (χ2n) is 7.34. The minimum absolute atomic E-state index is 0. The van der Waals surface area contributed by atoms with Crippen molar-refractivity contribution in [3.63, 3.8) is 0 Å². The number of anilines is 1. The summed E-state index contributed by atoms with van der Waals surface area (Å²) in [6.07, 6.45) is 0. The van der Waals surface area contributed by atoms with E-state index in [-0.39, 0.29) is 29.7 Å². The summed E-state index contributed by atoms with van der Waals surface area (Å²) in [4.78, 5) is 19.5. The number of guanidine groups is 1. The molecule has 2 N–H and O–H groups in total. The van der Waals surface area contributed by atoms with Gasteiger partial charge in [0, 0.05) is 44.9 Å². The maximum Gasteiger partial charge on any atom is 0.269 e. The number of rotatable bonds is 6. The average molecular weight is 537 g/mol. The van der Waals surface area contributed by atoms with Crippen LogP contribution in [0.5, 0.6) is 5.75 Å². The van der Waals surface area contributed by atoms with Gasteiger partial charge < -0.3 is 20.2 Å². The van der Waals surface area contributed by atoms with E-state index in [1.54, 1.807) is 18.2 Å². The highest BCUT2D eigenvalue weighted by Gasteiger charge is 2.21. The molecule has 1 heterocycles. The van der Waals surface area contributed by atoms with Crippen LogP contribution in [0.1, 0.15) is 12.5 Å². The Hall–Kier alpha value is -2.82. The summed E-state index contributed by atoms with van der Waals surface area (Å²) in [5.41, 5.74) is 2.83. The van der Waals surface area contributed by atoms with E-state index in [1.165, 1.54) is 12.1 Å². The van der Waals surface area contributed by atoms with E-state index in [0.29, 0.717) is 18.8 Å². The number of benzene rings is 2. The van der Waals surface area contributed by atoms with Gasteiger partial charge >= 0.3 is 0 Å². The first-order valence-corrected chi connectivity index (χ1v) is 9.88. The molecule has 166 valence electrons. The number of phenols is 1. The van der Waals surface area contributed by atoms with Gasteiger partial charge in [-0.2, -0.15) is 0 Å². The van der Waals surface area contributed by atoms with Gasteiger partial charge in [-0.15, -0.1) is 24.0 Å².